The lowest BCUT2D eigenvalue weighted by Crippen LogP contribution is -2.52. The summed E-state index contributed by atoms with van der Waals surface area (Å²) in [6.07, 6.45) is 4.95. The number of aromatic nitrogens is 3. The Morgan fingerprint density at radius 2 is 1.45 bits per heavy atom. The minimum absolute atomic E-state index is 0.0653. The Balaban J connectivity index is 1.40. The maximum atomic E-state index is 12.4. The first-order valence-electron chi connectivity index (χ1n) is 14.9. The number of methoxy groups -OCH3 is 1. The molecule has 2 heterocycles. The van der Waals surface area contributed by atoms with E-state index in [0.717, 1.165) is 30.0 Å². The number of carbonyl (C=O) groups is 1. The summed E-state index contributed by atoms with van der Waals surface area (Å²) in [4.78, 5) is 15.0. The molecule has 0 N–H and O–H groups in total. The second kappa shape index (κ2) is 13.5. The number of ether oxygens (including phenoxy) is 1. The highest BCUT2D eigenvalue weighted by molar-refractivity contribution is 8.14. The highest BCUT2D eigenvalue weighted by Crippen LogP contribution is 2.45. The molecule has 1 aromatic heterocycles. The molecule has 0 saturated carbocycles. The van der Waals surface area contributed by atoms with Gasteiger partial charge in [0, 0.05) is 25.3 Å². The number of piperidine rings is 1. The molecule has 6 nitrogen and oxygen atoms in total. The van der Waals surface area contributed by atoms with Gasteiger partial charge >= 0.3 is 0 Å². The number of nitrogens with zero attached hydrogens (tertiary/aromatic N) is 4. The average molecular weight is 601 g/mol. The van der Waals surface area contributed by atoms with E-state index in [2.05, 4.69) is 112 Å². The monoisotopic (exact) mass is 600 g/mol. The summed E-state index contributed by atoms with van der Waals surface area (Å²) in [5.41, 5.74) is 6.16. The zero-order valence-electron chi connectivity index (χ0n) is 25.0. The van der Waals surface area contributed by atoms with Gasteiger partial charge < -0.3 is 4.74 Å². The van der Waals surface area contributed by atoms with Gasteiger partial charge in [0.05, 0.1) is 25.4 Å². The first-order chi connectivity index (χ1) is 21.6. The molecule has 0 bridgehead atoms. The summed E-state index contributed by atoms with van der Waals surface area (Å²) in [5.74, 6) is 0.825. The smallest absolute Gasteiger partial charge is 0.186 e. The third-order valence-corrected chi connectivity index (χ3v) is 9.35. The van der Waals surface area contributed by atoms with E-state index in [-0.39, 0.29) is 10.4 Å². The van der Waals surface area contributed by atoms with Gasteiger partial charge in [-0.3, -0.25) is 9.69 Å². The lowest BCUT2D eigenvalue weighted by molar-refractivity contribution is -0.109. The summed E-state index contributed by atoms with van der Waals surface area (Å²) in [5, 5.41) is 9.12. The molecule has 0 amide bonds. The highest BCUT2D eigenvalue weighted by atomic mass is 32.2. The maximum Gasteiger partial charge on any atom is 0.186 e. The van der Waals surface area contributed by atoms with Gasteiger partial charge in [0.2, 0.25) is 0 Å². The van der Waals surface area contributed by atoms with Gasteiger partial charge in [-0.25, -0.2) is 4.68 Å². The van der Waals surface area contributed by atoms with Crippen molar-refractivity contribution in [2.75, 3.05) is 20.2 Å². The SMILES string of the molecule is COc1ccc(Cn2cc(C=C3CN(C(c4ccccc4)(c4ccccc4)c4ccccc4)CCC3SC(C)=O)nn2)cc1. The lowest BCUT2D eigenvalue weighted by Gasteiger charge is -2.49. The molecule has 0 radical (unpaired) electrons. The molecule has 1 unspecified atom stereocenters. The Morgan fingerprint density at radius 1 is 0.886 bits per heavy atom. The quantitative estimate of drug-likeness (QED) is 0.169. The maximum absolute atomic E-state index is 12.4. The molecule has 1 atom stereocenters. The Hall–Kier alpha value is -4.46. The Labute approximate surface area is 263 Å². The molecule has 1 aliphatic heterocycles. The van der Waals surface area contributed by atoms with Gasteiger partial charge in [0.1, 0.15) is 11.4 Å². The highest BCUT2D eigenvalue weighted by Gasteiger charge is 2.44. The van der Waals surface area contributed by atoms with E-state index in [0.29, 0.717) is 13.1 Å². The van der Waals surface area contributed by atoms with Crippen molar-refractivity contribution in [3.8, 4) is 5.75 Å². The molecule has 44 heavy (non-hydrogen) atoms. The molecule has 5 aromatic rings. The zero-order valence-corrected chi connectivity index (χ0v) is 25.9. The van der Waals surface area contributed by atoms with E-state index in [1.165, 1.54) is 34.0 Å². The number of likely N-dealkylation sites (tertiary alicyclic amines) is 1. The molecule has 1 saturated heterocycles. The zero-order chi connectivity index (χ0) is 30.4. The van der Waals surface area contributed by atoms with E-state index in [1.807, 2.05) is 35.1 Å². The number of carbonyl (C=O) groups excluding carboxylic acids is 1. The molecule has 0 aliphatic carbocycles. The molecule has 1 aliphatic rings. The van der Waals surface area contributed by atoms with Crippen molar-refractivity contribution in [2.24, 2.45) is 0 Å². The normalized spacial score (nSPS) is 16.6. The van der Waals surface area contributed by atoms with Crippen LogP contribution in [-0.2, 0) is 16.9 Å². The van der Waals surface area contributed by atoms with Gasteiger partial charge in [-0.05, 0) is 52.5 Å². The topological polar surface area (TPSA) is 60.2 Å². The van der Waals surface area contributed by atoms with Crippen LogP contribution in [0.4, 0.5) is 0 Å². The largest absolute Gasteiger partial charge is 0.497 e. The minimum atomic E-state index is -0.527. The Bertz CT molecular complexity index is 1610. The summed E-state index contributed by atoms with van der Waals surface area (Å²) >= 11 is 1.42. The van der Waals surface area contributed by atoms with Crippen molar-refractivity contribution in [1.29, 1.82) is 0 Å². The summed E-state index contributed by atoms with van der Waals surface area (Å²) in [6, 6.07) is 40.2. The molecular weight excluding hydrogens is 565 g/mol. The van der Waals surface area contributed by atoms with E-state index in [1.54, 1.807) is 14.0 Å². The fraction of sp³-hybridized carbons (Fsp3) is 0.216. The fourth-order valence-corrected chi connectivity index (χ4v) is 7.19. The molecule has 7 heteroatoms. The molecule has 4 aromatic carbocycles. The van der Waals surface area contributed by atoms with Crippen LogP contribution in [-0.4, -0.2) is 50.5 Å². The average Bonchev–Trinajstić information content (AvgIpc) is 3.50. The van der Waals surface area contributed by atoms with E-state index < -0.39 is 5.54 Å². The van der Waals surface area contributed by atoms with Crippen LogP contribution in [0.2, 0.25) is 0 Å². The van der Waals surface area contributed by atoms with E-state index in [9.17, 15) is 4.79 Å². The summed E-state index contributed by atoms with van der Waals surface area (Å²) in [7, 11) is 1.67. The van der Waals surface area contributed by atoms with E-state index >= 15 is 0 Å². The minimum Gasteiger partial charge on any atom is -0.497 e. The van der Waals surface area contributed by atoms with Crippen LogP contribution < -0.4 is 4.74 Å². The first-order valence-corrected chi connectivity index (χ1v) is 15.8. The van der Waals surface area contributed by atoms with Crippen molar-refractivity contribution >= 4 is 23.0 Å². The fourth-order valence-electron chi connectivity index (χ4n) is 6.27. The van der Waals surface area contributed by atoms with Crippen LogP contribution in [0.5, 0.6) is 5.75 Å². The molecule has 0 spiro atoms. The third kappa shape index (κ3) is 6.25. The van der Waals surface area contributed by atoms with Crippen molar-refractivity contribution in [3.05, 3.63) is 155 Å². The number of thioether (sulfide) groups is 1. The second-order valence-electron chi connectivity index (χ2n) is 11.0. The molecule has 6 rings (SSSR count). The molecule has 1 fully saturated rings. The number of benzene rings is 4. The Kier molecular flexibility index (Phi) is 9.05. The Morgan fingerprint density at radius 3 is 1.98 bits per heavy atom. The van der Waals surface area contributed by atoms with E-state index in [4.69, 9.17) is 4.74 Å². The van der Waals surface area contributed by atoms with Crippen molar-refractivity contribution in [3.63, 3.8) is 0 Å². The second-order valence-corrected chi connectivity index (χ2v) is 12.4. The first kappa shape index (κ1) is 29.6. The predicted octanol–water partition coefficient (Wildman–Crippen LogP) is 7.06. The van der Waals surface area contributed by atoms with Gasteiger partial charge in [-0.1, -0.05) is 120 Å². The number of hydrogen-bond acceptors (Lipinski definition) is 6. The van der Waals surface area contributed by atoms with Crippen LogP contribution in [0.3, 0.4) is 0 Å². The van der Waals surface area contributed by atoms with Crippen LogP contribution in [0.25, 0.3) is 6.08 Å². The van der Waals surface area contributed by atoms with Crippen LogP contribution >= 0.6 is 11.8 Å². The van der Waals surface area contributed by atoms with Crippen molar-refractivity contribution in [2.45, 2.75) is 30.7 Å². The predicted molar refractivity (Wildman–Crippen MR) is 178 cm³/mol. The number of hydrogen-bond donors (Lipinski definition) is 0. The van der Waals surface area contributed by atoms with Gasteiger partial charge in [0.25, 0.3) is 0 Å². The van der Waals surface area contributed by atoms with Gasteiger partial charge in [0.15, 0.2) is 5.12 Å². The van der Waals surface area contributed by atoms with Gasteiger partial charge in [-0.15, -0.1) is 5.10 Å². The van der Waals surface area contributed by atoms with Crippen LogP contribution in [0.15, 0.2) is 127 Å². The standard InChI is InChI=1S/C37H36N4O2S/c1-28(42)44-36-22-23-40(26-30(36)24-34-27-41(39-38-34)25-29-18-20-35(43-2)21-19-29)37(31-12-6-3-7-13-31,32-14-8-4-9-15-32)33-16-10-5-11-17-33/h3-21,24,27,36H,22-23,25-26H2,1-2H3. The molecular formula is C37H36N4O2S. The lowest BCUT2D eigenvalue weighted by atomic mass is 9.74. The summed E-state index contributed by atoms with van der Waals surface area (Å²) in [6.45, 7) is 3.76. The third-order valence-electron chi connectivity index (χ3n) is 8.20. The molecule has 222 valence electrons. The van der Waals surface area contributed by atoms with Crippen molar-refractivity contribution in [1.82, 2.24) is 19.9 Å². The number of rotatable bonds is 9. The summed E-state index contributed by atoms with van der Waals surface area (Å²) < 4.78 is 7.14. The van der Waals surface area contributed by atoms with Gasteiger partial charge in [-0.2, -0.15) is 0 Å². The van der Waals surface area contributed by atoms with Crippen LogP contribution in [0.1, 0.15) is 41.3 Å². The van der Waals surface area contributed by atoms with Crippen LogP contribution in [0, 0.1) is 0 Å². The van der Waals surface area contributed by atoms with Crippen molar-refractivity contribution < 1.29 is 9.53 Å².